The molecule has 0 saturated heterocycles. The molecule has 0 spiro atoms. The molecule has 0 amide bonds. The number of aliphatic hydroxyl groups is 4. The van der Waals surface area contributed by atoms with Crippen LogP contribution in [0.5, 0.6) is 0 Å². The van der Waals surface area contributed by atoms with Crippen LogP contribution >= 0.6 is 0 Å². The monoisotopic (exact) mass is 360 g/mol. The van der Waals surface area contributed by atoms with Gasteiger partial charge in [0.2, 0.25) is 0 Å². The first-order chi connectivity index (χ1) is 12.2. The third-order valence-corrected chi connectivity index (χ3v) is 8.91. The van der Waals surface area contributed by atoms with Gasteiger partial charge >= 0.3 is 0 Å². The van der Waals surface area contributed by atoms with Crippen LogP contribution in [0, 0.1) is 46.8 Å². The van der Waals surface area contributed by atoms with Crippen LogP contribution < -0.4 is 0 Å². The summed E-state index contributed by atoms with van der Waals surface area (Å²) in [4.78, 5) is 0. The van der Waals surface area contributed by atoms with Gasteiger partial charge in [-0.3, -0.25) is 0 Å². The van der Waals surface area contributed by atoms with Crippen LogP contribution in [0.25, 0.3) is 0 Å². The number of hydrogen-bond acceptors (Lipinski definition) is 4. The molecule has 0 radical (unpaired) electrons. The predicted molar refractivity (Wildman–Crippen MR) is 98.8 cm³/mol. The summed E-state index contributed by atoms with van der Waals surface area (Å²) in [5.74, 6) is 3.02. The fourth-order valence-corrected chi connectivity index (χ4v) is 7.39. The Labute approximate surface area is 156 Å². The molecule has 3 fully saturated rings. The average Bonchev–Trinajstić information content (AvgIpc) is 2.82. The standard InChI is InChI=1S/C22H32O4/c1-4-22(26)13(2)9-17-19-16(6-7-20(17,22)3)21(12-23)8-5-15(24)10-14(21)11-18(19)25/h1,11,13,15-19,23-26H,5-10,12H2,2-3H3/t13-,15-,16?,17?,18+,19?,20+,21-,22+/m1/s1. The van der Waals surface area contributed by atoms with Crippen molar-refractivity contribution < 1.29 is 20.4 Å². The SMILES string of the molecule is C#C[C@]1(O)[C@H](C)CC2C3C(CC[C@@]21C)[C@@]1(CO)CC[C@@H](O)CC1=C[C@@H]3O. The van der Waals surface area contributed by atoms with Gasteiger partial charge in [0.05, 0.1) is 18.8 Å². The van der Waals surface area contributed by atoms with Crippen molar-refractivity contribution >= 4 is 0 Å². The highest BCUT2D eigenvalue weighted by Gasteiger charge is 2.67. The molecule has 0 aromatic carbocycles. The van der Waals surface area contributed by atoms with Gasteiger partial charge < -0.3 is 20.4 Å². The third kappa shape index (κ3) is 2.06. The van der Waals surface area contributed by atoms with Crippen LogP contribution in [0.15, 0.2) is 11.6 Å². The highest BCUT2D eigenvalue weighted by Crippen LogP contribution is 2.68. The molecule has 0 aromatic rings. The van der Waals surface area contributed by atoms with Crippen molar-refractivity contribution in [2.75, 3.05) is 6.61 Å². The molecule has 0 aromatic heterocycles. The normalized spacial score (nSPS) is 56.0. The van der Waals surface area contributed by atoms with E-state index in [0.717, 1.165) is 31.3 Å². The van der Waals surface area contributed by atoms with E-state index in [-0.39, 0.29) is 41.8 Å². The number of aliphatic hydroxyl groups excluding tert-OH is 3. The first-order valence-corrected chi connectivity index (χ1v) is 10.1. The molecule has 4 aliphatic carbocycles. The van der Waals surface area contributed by atoms with Crippen LogP contribution in [-0.4, -0.2) is 44.8 Å². The Kier molecular flexibility index (Phi) is 4.14. The summed E-state index contributed by atoms with van der Waals surface area (Å²) >= 11 is 0. The van der Waals surface area contributed by atoms with Crippen molar-refractivity contribution in [3.63, 3.8) is 0 Å². The van der Waals surface area contributed by atoms with Crippen molar-refractivity contribution in [1.82, 2.24) is 0 Å². The summed E-state index contributed by atoms with van der Waals surface area (Å²) in [5.41, 5.74) is -0.833. The largest absolute Gasteiger partial charge is 0.395 e. The second-order valence-electron chi connectivity index (χ2n) is 9.69. The highest BCUT2D eigenvalue weighted by molar-refractivity contribution is 5.32. The summed E-state index contributed by atoms with van der Waals surface area (Å²) < 4.78 is 0. The fraction of sp³-hybridized carbons (Fsp3) is 0.818. The lowest BCUT2D eigenvalue weighted by Crippen LogP contribution is -2.59. The number of hydrogen-bond donors (Lipinski definition) is 4. The Morgan fingerprint density at radius 2 is 1.96 bits per heavy atom. The lowest BCUT2D eigenvalue weighted by Gasteiger charge is -2.60. The molecular formula is C22H32O4. The smallest absolute Gasteiger partial charge is 0.133 e. The number of terminal acetylenes is 1. The van der Waals surface area contributed by atoms with E-state index in [1.807, 2.05) is 13.0 Å². The summed E-state index contributed by atoms with van der Waals surface area (Å²) in [5, 5.41) is 42.8. The molecule has 4 rings (SSSR count). The Bertz CT molecular complexity index is 666. The van der Waals surface area contributed by atoms with Gasteiger partial charge in [0.1, 0.15) is 5.60 Å². The summed E-state index contributed by atoms with van der Waals surface area (Å²) in [6.45, 7) is 4.19. The Balaban J connectivity index is 1.79. The Morgan fingerprint density at radius 1 is 1.23 bits per heavy atom. The zero-order valence-electron chi connectivity index (χ0n) is 15.9. The van der Waals surface area contributed by atoms with Crippen molar-refractivity contribution in [3.8, 4) is 12.3 Å². The minimum absolute atomic E-state index is 0.00270. The lowest BCUT2D eigenvalue weighted by molar-refractivity contribution is -0.137. The van der Waals surface area contributed by atoms with Crippen molar-refractivity contribution in [3.05, 3.63) is 11.6 Å². The number of fused-ring (bicyclic) bond motifs is 5. The summed E-state index contributed by atoms with van der Waals surface area (Å²) in [7, 11) is 0. The lowest BCUT2D eigenvalue weighted by atomic mass is 9.46. The maximum atomic E-state index is 11.3. The van der Waals surface area contributed by atoms with Gasteiger partial charge in [0.25, 0.3) is 0 Å². The van der Waals surface area contributed by atoms with Gasteiger partial charge in [0.15, 0.2) is 0 Å². The van der Waals surface area contributed by atoms with Crippen LogP contribution in [0.3, 0.4) is 0 Å². The van der Waals surface area contributed by atoms with Crippen LogP contribution in [0.1, 0.15) is 52.4 Å². The molecule has 4 aliphatic rings. The van der Waals surface area contributed by atoms with E-state index in [1.54, 1.807) is 0 Å². The topological polar surface area (TPSA) is 80.9 Å². The van der Waals surface area contributed by atoms with Gasteiger partial charge in [-0.25, -0.2) is 0 Å². The van der Waals surface area contributed by atoms with Crippen molar-refractivity contribution in [2.45, 2.75) is 70.2 Å². The van der Waals surface area contributed by atoms with Gasteiger partial charge in [-0.15, -0.1) is 6.42 Å². The summed E-state index contributed by atoms with van der Waals surface area (Å²) in [6.07, 6.45) is 11.2. The highest BCUT2D eigenvalue weighted by atomic mass is 16.3. The van der Waals surface area contributed by atoms with Crippen molar-refractivity contribution in [2.24, 2.45) is 34.5 Å². The molecule has 3 saturated carbocycles. The second-order valence-corrected chi connectivity index (χ2v) is 9.69. The van der Waals surface area contributed by atoms with Gasteiger partial charge in [-0.05, 0) is 62.2 Å². The molecule has 144 valence electrons. The first-order valence-electron chi connectivity index (χ1n) is 10.1. The quantitative estimate of drug-likeness (QED) is 0.425. The van der Waals surface area contributed by atoms with Crippen LogP contribution in [0.2, 0.25) is 0 Å². The van der Waals surface area contributed by atoms with E-state index in [4.69, 9.17) is 6.42 Å². The molecule has 9 atom stereocenters. The molecule has 4 nitrogen and oxygen atoms in total. The molecule has 0 bridgehead atoms. The van der Waals surface area contributed by atoms with E-state index in [1.165, 1.54) is 0 Å². The van der Waals surface area contributed by atoms with Gasteiger partial charge in [-0.1, -0.05) is 31.4 Å². The van der Waals surface area contributed by atoms with Gasteiger partial charge in [-0.2, -0.15) is 0 Å². The first kappa shape index (κ1) is 18.5. The molecule has 4 N–H and O–H groups in total. The molecule has 26 heavy (non-hydrogen) atoms. The van der Waals surface area contributed by atoms with E-state index in [2.05, 4.69) is 12.8 Å². The Hall–Kier alpha value is -0.860. The maximum Gasteiger partial charge on any atom is 0.133 e. The Morgan fingerprint density at radius 3 is 2.62 bits per heavy atom. The molecule has 0 heterocycles. The maximum absolute atomic E-state index is 11.3. The van der Waals surface area contributed by atoms with E-state index < -0.39 is 17.1 Å². The molecule has 4 heteroatoms. The van der Waals surface area contributed by atoms with Crippen LogP contribution in [-0.2, 0) is 0 Å². The number of rotatable bonds is 1. The van der Waals surface area contributed by atoms with E-state index in [0.29, 0.717) is 12.8 Å². The second kappa shape index (κ2) is 5.82. The summed E-state index contributed by atoms with van der Waals surface area (Å²) in [6, 6.07) is 0. The van der Waals surface area contributed by atoms with Crippen molar-refractivity contribution in [1.29, 1.82) is 0 Å². The van der Waals surface area contributed by atoms with E-state index >= 15 is 0 Å². The fourth-order valence-electron chi connectivity index (χ4n) is 7.39. The molecular weight excluding hydrogens is 328 g/mol. The van der Waals surface area contributed by atoms with Gasteiger partial charge in [0, 0.05) is 10.8 Å². The minimum atomic E-state index is -1.14. The zero-order chi connectivity index (χ0) is 18.9. The third-order valence-electron chi connectivity index (χ3n) is 8.91. The van der Waals surface area contributed by atoms with E-state index in [9.17, 15) is 20.4 Å². The zero-order valence-corrected chi connectivity index (χ0v) is 15.9. The average molecular weight is 360 g/mol. The van der Waals surface area contributed by atoms with Crippen LogP contribution in [0.4, 0.5) is 0 Å². The molecule has 0 aliphatic heterocycles. The molecule has 3 unspecified atom stereocenters. The predicted octanol–water partition coefficient (Wildman–Crippen LogP) is 1.86. The minimum Gasteiger partial charge on any atom is -0.395 e.